The van der Waals surface area contributed by atoms with E-state index in [4.69, 9.17) is 21.1 Å². The van der Waals surface area contributed by atoms with Gasteiger partial charge in [0.25, 0.3) is 0 Å². The summed E-state index contributed by atoms with van der Waals surface area (Å²) in [7, 11) is 1.71. The maximum atomic E-state index is 6.11. The van der Waals surface area contributed by atoms with Gasteiger partial charge in [-0.2, -0.15) is 0 Å². The molecule has 1 aromatic carbocycles. The first-order valence-electron chi connectivity index (χ1n) is 6.33. The Hall–Kier alpha value is -0.770. The molecule has 100 valence electrons. The van der Waals surface area contributed by atoms with Crippen LogP contribution in [0.3, 0.4) is 0 Å². The van der Waals surface area contributed by atoms with Crippen molar-refractivity contribution in [3.63, 3.8) is 0 Å². The highest BCUT2D eigenvalue weighted by atomic mass is 35.5. The van der Waals surface area contributed by atoms with E-state index in [9.17, 15) is 0 Å². The minimum absolute atomic E-state index is 0.0853. The Balaban J connectivity index is 2.10. The zero-order valence-corrected chi connectivity index (χ0v) is 11.7. The van der Waals surface area contributed by atoms with Gasteiger partial charge in [0.2, 0.25) is 0 Å². The van der Waals surface area contributed by atoms with Crippen LogP contribution >= 0.6 is 11.6 Å². The number of nitrogens with one attached hydrogen (secondary N) is 1. The molecule has 1 fully saturated rings. The molecule has 0 saturated carbocycles. The van der Waals surface area contributed by atoms with Gasteiger partial charge < -0.3 is 14.8 Å². The van der Waals surface area contributed by atoms with Crippen molar-refractivity contribution in [2.45, 2.75) is 19.4 Å². The molecule has 2 rings (SSSR count). The van der Waals surface area contributed by atoms with E-state index in [1.54, 1.807) is 7.11 Å². The van der Waals surface area contributed by atoms with Crippen LogP contribution in [0, 0.1) is 12.8 Å². The molecule has 1 N–H and O–H groups in total. The number of benzene rings is 1. The van der Waals surface area contributed by atoms with Gasteiger partial charge in [0.15, 0.2) is 0 Å². The molecule has 0 spiro atoms. The minimum Gasteiger partial charge on any atom is -0.487 e. The van der Waals surface area contributed by atoms with Crippen molar-refractivity contribution in [3.05, 3.63) is 28.8 Å². The average Bonchev–Trinajstić information content (AvgIpc) is 2.88. The number of rotatable bonds is 5. The van der Waals surface area contributed by atoms with Gasteiger partial charge in [-0.3, -0.25) is 0 Å². The number of ether oxygens (including phenoxy) is 2. The van der Waals surface area contributed by atoms with Gasteiger partial charge in [0.1, 0.15) is 11.9 Å². The fourth-order valence-electron chi connectivity index (χ4n) is 2.30. The normalized spacial score (nSPS) is 20.9. The van der Waals surface area contributed by atoms with Gasteiger partial charge in [0.05, 0.1) is 6.61 Å². The predicted octanol–water partition coefficient (Wildman–Crippen LogP) is 2.65. The van der Waals surface area contributed by atoms with Crippen LogP contribution in [-0.2, 0) is 4.74 Å². The predicted molar refractivity (Wildman–Crippen MR) is 73.5 cm³/mol. The number of hydrogen-bond donors (Lipinski definition) is 1. The quantitative estimate of drug-likeness (QED) is 0.891. The van der Waals surface area contributed by atoms with Crippen molar-refractivity contribution in [1.82, 2.24) is 5.32 Å². The van der Waals surface area contributed by atoms with Crippen LogP contribution in [0.4, 0.5) is 0 Å². The number of halogens is 1. The maximum absolute atomic E-state index is 6.11. The molecule has 3 nitrogen and oxygen atoms in total. The molecule has 1 aliphatic heterocycles. The second kappa shape index (κ2) is 6.41. The second-order valence-corrected chi connectivity index (χ2v) is 5.13. The van der Waals surface area contributed by atoms with Crippen LogP contribution in [0.1, 0.15) is 12.0 Å². The van der Waals surface area contributed by atoms with Crippen LogP contribution in [-0.4, -0.2) is 32.9 Å². The van der Waals surface area contributed by atoms with Crippen LogP contribution in [0.25, 0.3) is 0 Å². The smallest absolute Gasteiger partial charge is 0.126 e. The minimum atomic E-state index is 0.0853. The molecule has 1 heterocycles. The third-order valence-electron chi connectivity index (χ3n) is 3.45. The van der Waals surface area contributed by atoms with E-state index in [1.807, 2.05) is 25.1 Å². The molecule has 2 atom stereocenters. The van der Waals surface area contributed by atoms with E-state index >= 15 is 0 Å². The molecule has 18 heavy (non-hydrogen) atoms. The molecule has 0 aromatic heterocycles. The molecule has 1 aromatic rings. The lowest BCUT2D eigenvalue weighted by Crippen LogP contribution is -2.33. The molecule has 0 amide bonds. The van der Waals surface area contributed by atoms with Gasteiger partial charge >= 0.3 is 0 Å². The summed E-state index contributed by atoms with van der Waals surface area (Å²) < 4.78 is 11.4. The molecule has 0 unspecified atom stereocenters. The first-order chi connectivity index (χ1) is 8.72. The topological polar surface area (TPSA) is 30.5 Å². The fourth-order valence-corrected chi connectivity index (χ4v) is 2.47. The van der Waals surface area contributed by atoms with Crippen molar-refractivity contribution >= 4 is 11.6 Å². The van der Waals surface area contributed by atoms with Crippen molar-refractivity contribution in [3.8, 4) is 5.75 Å². The molecular weight excluding hydrogens is 250 g/mol. The summed E-state index contributed by atoms with van der Waals surface area (Å²) >= 11 is 6.11. The summed E-state index contributed by atoms with van der Waals surface area (Å²) in [6.07, 6.45) is 1.22. The number of hydrogen-bond acceptors (Lipinski definition) is 3. The summed E-state index contributed by atoms with van der Waals surface area (Å²) in [6, 6.07) is 5.76. The number of methoxy groups -OCH3 is 1. The largest absolute Gasteiger partial charge is 0.487 e. The summed E-state index contributed by atoms with van der Waals surface area (Å²) in [5, 5.41) is 4.11. The highest BCUT2D eigenvalue weighted by molar-refractivity contribution is 6.31. The first-order valence-corrected chi connectivity index (χ1v) is 6.71. The SMILES string of the molecule is COC[C@H](Oc1cccc(Cl)c1C)[C@H]1CCNC1. The van der Waals surface area contributed by atoms with Crippen molar-refractivity contribution in [2.24, 2.45) is 5.92 Å². The summed E-state index contributed by atoms with van der Waals surface area (Å²) in [5.74, 6) is 1.36. The summed E-state index contributed by atoms with van der Waals surface area (Å²) in [5.41, 5.74) is 0.992. The zero-order chi connectivity index (χ0) is 13.0. The van der Waals surface area contributed by atoms with Crippen molar-refractivity contribution < 1.29 is 9.47 Å². The van der Waals surface area contributed by atoms with Gasteiger partial charge in [-0.1, -0.05) is 17.7 Å². The fraction of sp³-hybridized carbons (Fsp3) is 0.571. The van der Waals surface area contributed by atoms with E-state index in [2.05, 4.69) is 5.32 Å². The van der Waals surface area contributed by atoms with Crippen molar-refractivity contribution in [1.29, 1.82) is 0 Å². The maximum Gasteiger partial charge on any atom is 0.126 e. The standard InChI is InChI=1S/C14H20ClNO2/c1-10-12(15)4-3-5-13(10)18-14(9-17-2)11-6-7-16-8-11/h3-5,11,14,16H,6-9H2,1-2H3/t11-,14-/m0/s1. The molecule has 1 aliphatic rings. The second-order valence-electron chi connectivity index (χ2n) is 4.73. The molecule has 0 bridgehead atoms. The molecular formula is C14H20ClNO2. The molecule has 0 aliphatic carbocycles. The van der Waals surface area contributed by atoms with Gasteiger partial charge in [-0.15, -0.1) is 0 Å². The van der Waals surface area contributed by atoms with E-state index in [0.717, 1.165) is 35.8 Å². The summed E-state index contributed by atoms with van der Waals surface area (Å²) in [4.78, 5) is 0. The van der Waals surface area contributed by atoms with E-state index in [0.29, 0.717) is 12.5 Å². The lowest BCUT2D eigenvalue weighted by atomic mass is 10.0. The monoisotopic (exact) mass is 269 g/mol. The molecule has 0 radical (unpaired) electrons. The Labute approximate surface area is 113 Å². The third kappa shape index (κ3) is 3.16. The average molecular weight is 270 g/mol. The molecule has 1 saturated heterocycles. The first kappa shape index (κ1) is 13.7. The van der Waals surface area contributed by atoms with Crippen LogP contribution in [0.5, 0.6) is 5.75 Å². The van der Waals surface area contributed by atoms with E-state index in [1.165, 1.54) is 0 Å². The summed E-state index contributed by atoms with van der Waals surface area (Å²) in [6.45, 7) is 4.64. The third-order valence-corrected chi connectivity index (χ3v) is 3.86. The van der Waals surface area contributed by atoms with Crippen molar-refractivity contribution in [2.75, 3.05) is 26.8 Å². The van der Waals surface area contributed by atoms with E-state index in [-0.39, 0.29) is 6.10 Å². The van der Waals surface area contributed by atoms with Crippen LogP contribution in [0.15, 0.2) is 18.2 Å². The lowest BCUT2D eigenvalue weighted by Gasteiger charge is -2.24. The zero-order valence-electron chi connectivity index (χ0n) is 10.9. The van der Waals surface area contributed by atoms with Gasteiger partial charge in [-0.25, -0.2) is 0 Å². The Morgan fingerprint density at radius 3 is 3.00 bits per heavy atom. The lowest BCUT2D eigenvalue weighted by molar-refractivity contribution is 0.0478. The Morgan fingerprint density at radius 1 is 1.50 bits per heavy atom. The Kier molecular flexibility index (Phi) is 4.87. The van der Waals surface area contributed by atoms with E-state index < -0.39 is 0 Å². The van der Waals surface area contributed by atoms with Crippen LogP contribution in [0.2, 0.25) is 5.02 Å². The van der Waals surface area contributed by atoms with Gasteiger partial charge in [-0.05, 0) is 32.0 Å². The Bertz CT molecular complexity index is 391. The highest BCUT2D eigenvalue weighted by Gasteiger charge is 2.27. The van der Waals surface area contributed by atoms with Crippen LogP contribution < -0.4 is 10.1 Å². The highest BCUT2D eigenvalue weighted by Crippen LogP contribution is 2.28. The van der Waals surface area contributed by atoms with Gasteiger partial charge in [0, 0.05) is 30.2 Å². The Morgan fingerprint density at radius 2 is 2.33 bits per heavy atom. The molecule has 4 heteroatoms.